The molecule has 0 fully saturated rings. The Hall–Kier alpha value is -1.52. The maximum Gasteiger partial charge on any atom is 0.175 e. The van der Waals surface area contributed by atoms with Crippen LogP contribution >= 0.6 is 23.2 Å². The van der Waals surface area contributed by atoms with Crippen molar-refractivity contribution in [1.82, 2.24) is 10.2 Å². The molecular weight excluding hydrogens is 273 g/mol. The summed E-state index contributed by atoms with van der Waals surface area (Å²) in [6, 6.07) is 9.25. The Kier molecular flexibility index (Phi) is 3.89. The average molecular weight is 284 g/mol. The molecule has 1 heterocycles. The van der Waals surface area contributed by atoms with E-state index < -0.39 is 0 Å². The third kappa shape index (κ3) is 2.66. The Morgan fingerprint density at radius 1 is 1.11 bits per heavy atom. The maximum absolute atomic E-state index is 6.00. The molecule has 0 N–H and O–H groups in total. The standard InChI is InChI=1S/C12H11Cl2N3O/c1-17(8-3-5-9(18-2)6-4-8)10-7-11(13)15-16-12(10)14/h3-7H,1-2H3. The van der Waals surface area contributed by atoms with Gasteiger partial charge in [0.15, 0.2) is 10.3 Å². The van der Waals surface area contributed by atoms with Crippen molar-refractivity contribution < 1.29 is 4.74 Å². The van der Waals surface area contributed by atoms with E-state index in [2.05, 4.69) is 10.2 Å². The molecule has 0 saturated carbocycles. The predicted octanol–water partition coefficient (Wildman–Crippen LogP) is 3.56. The molecule has 1 aromatic heterocycles. The zero-order chi connectivity index (χ0) is 13.1. The molecule has 0 bridgehead atoms. The number of hydrogen-bond donors (Lipinski definition) is 0. The first kappa shape index (κ1) is 12.9. The summed E-state index contributed by atoms with van der Waals surface area (Å²) in [6.45, 7) is 0. The van der Waals surface area contributed by atoms with Gasteiger partial charge in [0.1, 0.15) is 5.75 Å². The van der Waals surface area contributed by atoms with Crippen LogP contribution in [-0.4, -0.2) is 24.4 Å². The van der Waals surface area contributed by atoms with Crippen molar-refractivity contribution in [3.63, 3.8) is 0 Å². The second kappa shape index (κ2) is 5.42. The van der Waals surface area contributed by atoms with Crippen LogP contribution in [0.4, 0.5) is 11.4 Å². The summed E-state index contributed by atoms with van der Waals surface area (Å²) in [4.78, 5) is 1.88. The lowest BCUT2D eigenvalue weighted by molar-refractivity contribution is 0.415. The molecule has 0 radical (unpaired) electrons. The number of hydrogen-bond acceptors (Lipinski definition) is 4. The van der Waals surface area contributed by atoms with E-state index in [0.717, 1.165) is 11.4 Å². The number of aromatic nitrogens is 2. The lowest BCUT2D eigenvalue weighted by atomic mass is 10.2. The van der Waals surface area contributed by atoms with Crippen LogP contribution in [0.15, 0.2) is 30.3 Å². The lowest BCUT2D eigenvalue weighted by Crippen LogP contribution is -2.10. The molecule has 2 aromatic rings. The van der Waals surface area contributed by atoms with Crippen LogP contribution < -0.4 is 9.64 Å². The Balaban J connectivity index is 2.34. The van der Waals surface area contributed by atoms with Gasteiger partial charge in [-0.05, 0) is 24.3 Å². The van der Waals surface area contributed by atoms with E-state index in [0.29, 0.717) is 16.0 Å². The van der Waals surface area contributed by atoms with Gasteiger partial charge >= 0.3 is 0 Å². The third-order valence-corrected chi connectivity index (χ3v) is 2.98. The number of ether oxygens (including phenoxy) is 1. The minimum absolute atomic E-state index is 0.301. The summed E-state index contributed by atoms with van der Waals surface area (Å²) in [5.41, 5.74) is 1.64. The minimum atomic E-state index is 0.301. The van der Waals surface area contributed by atoms with Crippen molar-refractivity contribution in [2.45, 2.75) is 0 Å². The summed E-state index contributed by atoms with van der Waals surface area (Å²) in [5.74, 6) is 0.795. The summed E-state index contributed by atoms with van der Waals surface area (Å²) in [6.07, 6.45) is 0. The fourth-order valence-corrected chi connectivity index (χ4v) is 1.88. The fraction of sp³-hybridized carbons (Fsp3) is 0.167. The Labute approximate surface area is 115 Å². The van der Waals surface area contributed by atoms with Gasteiger partial charge in [-0.3, -0.25) is 0 Å². The predicted molar refractivity (Wildman–Crippen MR) is 73.1 cm³/mol. The van der Waals surface area contributed by atoms with E-state index in [4.69, 9.17) is 27.9 Å². The van der Waals surface area contributed by atoms with Gasteiger partial charge in [-0.1, -0.05) is 23.2 Å². The number of anilines is 2. The van der Waals surface area contributed by atoms with Crippen LogP contribution in [0.25, 0.3) is 0 Å². The van der Waals surface area contributed by atoms with Crippen LogP contribution in [0.5, 0.6) is 5.75 Å². The van der Waals surface area contributed by atoms with E-state index in [1.165, 1.54) is 0 Å². The molecule has 0 aliphatic rings. The highest BCUT2D eigenvalue weighted by Crippen LogP contribution is 2.30. The highest BCUT2D eigenvalue weighted by molar-refractivity contribution is 6.33. The van der Waals surface area contributed by atoms with Gasteiger partial charge in [-0.2, -0.15) is 0 Å². The van der Waals surface area contributed by atoms with Crippen molar-refractivity contribution in [2.75, 3.05) is 19.1 Å². The minimum Gasteiger partial charge on any atom is -0.497 e. The van der Waals surface area contributed by atoms with Crippen molar-refractivity contribution in [3.05, 3.63) is 40.6 Å². The molecule has 0 aliphatic carbocycles. The highest BCUT2D eigenvalue weighted by Gasteiger charge is 2.11. The van der Waals surface area contributed by atoms with E-state index in [1.54, 1.807) is 13.2 Å². The topological polar surface area (TPSA) is 38.2 Å². The second-order valence-electron chi connectivity index (χ2n) is 3.60. The monoisotopic (exact) mass is 283 g/mol. The van der Waals surface area contributed by atoms with E-state index in [-0.39, 0.29) is 0 Å². The molecule has 0 spiro atoms. The quantitative estimate of drug-likeness (QED) is 0.863. The molecule has 2 rings (SSSR count). The van der Waals surface area contributed by atoms with Crippen LogP contribution in [-0.2, 0) is 0 Å². The molecule has 0 amide bonds. The summed E-state index contributed by atoms with van der Waals surface area (Å²) in [7, 11) is 3.50. The average Bonchev–Trinajstić information content (AvgIpc) is 2.41. The van der Waals surface area contributed by atoms with Crippen molar-refractivity contribution in [2.24, 2.45) is 0 Å². The largest absolute Gasteiger partial charge is 0.497 e. The molecule has 0 unspecified atom stereocenters. The molecular formula is C12H11Cl2N3O. The van der Waals surface area contributed by atoms with Gasteiger partial charge in [0, 0.05) is 18.8 Å². The van der Waals surface area contributed by atoms with Crippen LogP contribution in [0.2, 0.25) is 10.3 Å². The normalized spacial score (nSPS) is 10.2. The van der Waals surface area contributed by atoms with E-state index in [1.807, 2.05) is 36.2 Å². The molecule has 18 heavy (non-hydrogen) atoms. The van der Waals surface area contributed by atoms with Gasteiger partial charge in [-0.15, -0.1) is 10.2 Å². The zero-order valence-electron chi connectivity index (χ0n) is 9.89. The summed E-state index contributed by atoms with van der Waals surface area (Å²) < 4.78 is 5.11. The number of nitrogens with zero attached hydrogens (tertiary/aromatic N) is 3. The van der Waals surface area contributed by atoms with Gasteiger partial charge < -0.3 is 9.64 Å². The maximum atomic E-state index is 6.00. The van der Waals surface area contributed by atoms with Gasteiger partial charge in [0.2, 0.25) is 0 Å². The Bertz CT molecular complexity index is 546. The summed E-state index contributed by atoms with van der Waals surface area (Å²) >= 11 is 11.8. The van der Waals surface area contributed by atoms with Crippen molar-refractivity contribution in [1.29, 1.82) is 0 Å². The molecule has 94 valence electrons. The molecule has 6 heteroatoms. The molecule has 0 atom stereocenters. The van der Waals surface area contributed by atoms with E-state index in [9.17, 15) is 0 Å². The molecule has 0 aliphatic heterocycles. The van der Waals surface area contributed by atoms with Gasteiger partial charge in [0.05, 0.1) is 12.8 Å². The molecule has 1 aromatic carbocycles. The second-order valence-corrected chi connectivity index (χ2v) is 4.35. The smallest absolute Gasteiger partial charge is 0.175 e. The van der Waals surface area contributed by atoms with Gasteiger partial charge in [0.25, 0.3) is 0 Å². The third-order valence-electron chi connectivity index (χ3n) is 2.52. The van der Waals surface area contributed by atoms with Crippen LogP contribution in [0.1, 0.15) is 0 Å². The van der Waals surface area contributed by atoms with Crippen LogP contribution in [0.3, 0.4) is 0 Å². The number of halogens is 2. The number of methoxy groups -OCH3 is 1. The number of rotatable bonds is 3. The molecule has 4 nitrogen and oxygen atoms in total. The zero-order valence-corrected chi connectivity index (χ0v) is 11.4. The Morgan fingerprint density at radius 2 is 1.78 bits per heavy atom. The van der Waals surface area contributed by atoms with Gasteiger partial charge in [-0.25, -0.2) is 0 Å². The number of benzene rings is 1. The SMILES string of the molecule is COc1ccc(N(C)c2cc(Cl)nnc2Cl)cc1. The molecule has 0 saturated heterocycles. The first-order valence-electron chi connectivity index (χ1n) is 5.18. The lowest BCUT2D eigenvalue weighted by Gasteiger charge is -2.20. The van der Waals surface area contributed by atoms with Crippen molar-refractivity contribution in [3.8, 4) is 5.75 Å². The van der Waals surface area contributed by atoms with Crippen molar-refractivity contribution >= 4 is 34.6 Å². The van der Waals surface area contributed by atoms with E-state index >= 15 is 0 Å². The van der Waals surface area contributed by atoms with Crippen LogP contribution in [0, 0.1) is 0 Å². The fourth-order valence-electron chi connectivity index (χ4n) is 1.52. The summed E-state index contributed by atoms with van der Waals surface area (Å²) in [5, 5.41) is 8.06. The Morgan fingerprint density at radius 3 is 2.39 bits per heavy atom. The highest BCUT2D eigenvalue weighted by atomic mass is 35.5. The first-order valence-corrected chi connectivity index (χ1v) is 5.94. The first-order chi connectivity index (χ1) is 8.61.